The second-order valence-corrected chi connectivity index (χ2v) is 6.10. The van der Waals surface area contributed by atoms with Crippen LogP contribution in [-0.4, -0.2) is 35.9 Å². The van der Waals surface area contributed by atoms with Crippen molar-refractivity contribution in [2.24, 2.45) is 0 Å². The minimum absolute atomic E-state index is 0.295. The molecule has 6 heteroatoms. The highest BCUT2D eigenvalue weighted by molar-refractivity contribution is 5.23. The molecule has 1 fully saturated rings. The minimum Gasteiger partial charge on any atom is -0.289 e. The Labute approximate surface area is 141 Å². The molecular formula is C18H20N6. The maximum Gasteiger partial charge on any atom is 0.156 e. The van der Waals surface area contributed by atoms with Crippen LogP contribution in [-0.2, 0) is 6.54 Å². The van der Waals surface area contributed by atoms with Gasteiger partial charge in [-0.15, -0.1) is 0 Å². The van der Waals surface area contributed by atoms with Crippen molar-refractivity contribution in [1.82, 2.24) is 29.4 Å². The molecule has 1 unspecified atom stereocenters. The Bertz CT molecular complexity index is 813. The van der Waals surface area contributed by atoms with E-state index in [4.69, 9.17) is 4.98 Å². The summed E-state index contributed by atoms with van der Waals surface area (Å²) in [6, 6.07) is 6.36. The Morgan fingerprint density at radius 1 is 1.17 bits per heavy atom. The van der Waals surface area contributed by atoms with Crippen molar-refractivity contribution in [2.75, 3.05) is 6.54 Å². The van der Waals surface area contributed by atoms with Crippen molar-refractivity contribution in [3.63, 3.8) is 0 Å². The molecule has 1 aliphatic rings. The van der Waals surface area contributed by atoms with E-state index in [2.05, 4.69) is 25.9 Å². The van der Waals surface area contributed by atoms with Crippen LogP contribution in [0.25, 0.3) is 5.82 Å². The lowest BCUT2D eigenvalue weighted by atomic mass is 10.1. The van der Waals surface area contributed by atoms with Crippen LogP contribution in [0.2, 0.25) is 0 Å². The molecule has 0 spiro atoms. The molecule has 3 aromatic rings. The Hall–Kier alpha value is -2.60. The molecule has 4 rings (SSSR count). The van der Waals surface area contributed by atoms with Crippen molar-refractivity contribution in [3.8, 4) is 5.82 Å². The van der Waals surface area contributed by atoms with Gasteiger partial charge < -0.3 is 0 Å². The van der Waals surface area contributed by atoms with Gasteiger partial charge in [0.05, 0.1) is 29.8 Å². The molecule has 0 radical (unpaired) electrons. The Morgan fingerprint density at radius 2 is 2.12 bits per heavy atom. The number of rotatable bonds is 4. The van der Waals surface area contributed by atoms with Gasteiger partial charge >= 0.3 is 0 Å². The standard InChI is InChI=1S/C18H20N6/c1-14-20-8-10-24(14)18-12-19-11-16(22-18)17-6-4-9-23(17)13-15-5-2-3-7-21-15/h2-3,5,7-8,10-12,17H,4,6,9,13H2,1H3. The van der Waals surface area contributed by atoms with Gasteiger partial charge in [-0.25, -0.2) is 9.97 Å². The third-order valence-corrected chi connectivity index (χ3v) is 4.51. The number of hydrogen-bond donors (Lipinski definition) is 0. The van der Waals surface area contributed by atoms with E-state index in [0.29, 0.717) is 6.04 Å². The van der Waals surface area contributed by atoms with Gasteiger partial charge in [-0.3, -0.25) is 19.4 Å². The lowest BCUT2D eigenvalue weighted by Gasteiger charge is -2.23. The van der Waals surface area contributed by atoms with Crippen LogP contribution in [0.15, 0.2) is 49.2 Å². The minimum atomic E-state index is 0.295. The third-order valence-electron chi connectivity index (χ3n) is 4.51. The second-order valence-electron chi connectivity index (χ2n) is 6.10. The lowest BCUT2D eigenvalue weighted by molar-refractivity contribution is 0.241. The molecule has 0 aromatic carbocycles. The number of aromatic nitrogens is 5. The quantitative estimate of drug-likeness (QED) is 0.740. The first-order valence-corrected chi connectivity index (χ1v) is 8.27. The molecule has 0 bridgehead atoms. The van der Waals surface area contributed by atoms with Crippen LogP contribution in [0.4, 0.5) is 0 Å². The van der Waals surface area contributed by atoms with E-state index in [9.17, 15) is 0 Å². The van der Waals surface area contributed by atoms with E-state index in [-0.39, 0.29) is 0 Å². The number of imidazole rings is 1. The van der Waals surface area contributed by atoms with E-state index in [1.165, 1.54) is 6.42 Å². The van der Waals surface area contributed by atoms with E-state index >= 15 is 0 Å². The maximum atomic E-state index is 4.85. The third kappa shape index (κ3) is 2.92. The number of hydrogen-bond acceptors (Lipinski definition) is 5. The summed E-state index contributed by atoms with van der Waals surface area (Å²) in [5, 5.41) is 0. The zero-order valence-electron chi connectivity index (χ0n) is 13.7. The van der Waals surface area contributed by atoms with Gasteiger partial charge in [0.2, 0.25) is 0 Å². The largest absolute Gasteiger partial charge is 0.289 e. The second kappa shape index (κ2) is 6.49. The van der Waals surface area contributed by atoms with Crippen molar-refractivity contribution < 1.29 is 0 Å². The van der Waals surface area contributed by atoms with Crippen molar-refractivity contribution in [1.29, 1.82) is 0 Å². The molecule has 0 aliphatic carbocycles. The summed E-state index contributed by atoms with van der Waals surface area (Å²) in [4.78, 5) is 20.4. The zero-order valence-corrected chi connectivity index (χ0v) is 13.7. The summed E-state index contributed by atoms with van der Waals surface area (Å²) in [6.07, 6.45) is 11.5. The van der Waals surface area contributed by atoms with E-state index in [0.717, 1.165) is 42.5 Å². The first-order chi connectivity index (χ1) is 11.8. The fourth-order valence-corrected chi connectivity index (χ4v) is 3.32. The molecule has 1 aliphatic heterocycles. The molecule has 6 nitrogen and oxygen atoms in total. The number of likely N-dealkylation sites (tertiary alicyclic amines) is 1. The fourth-order valence-electron chi connectivity index (χ4n) is 3.32. The van der Waals surface area contributed by atoms with Gasteiger partial charge in [-0.1, -0.05) is 6.07 Å². The van der Waals surface area contributed by atoms with Crippen LogP contribution in [0.3, 0.4) is 0 Å². The highest BCUT2D eigenvalue weighted by Gasteiger charge is 2.28. The first kappa shape index (κ1) is 15.0. The summed E-state index contributed by atoms with van der Waals surface area (Å²) in [5.41, 5.74) is 2.12. The number of nitrogens with zero attached hydrogens (tertiary/aromatic N) is 6. The highest BCUT2D eigenvalue weighted by atomic mass is 15.2. The van der Waals surface area contributed by atoms with E-state index in [1.54, 1.807) is 12.4 Å². The van der Waals surface area contributed by atoms with Crippen molar-refractivity contribution >= 4 is 0 Å². The van der Waals surface area contributed by atoms with Gasteiger partial charge in [-0.05, 0) is 38.4 Å². The molecule has 1 atom stereocenters. The lowest BCUT2D eigenvalue weighted by Crippen LogP contribution is -2.24. The molecule has 3 aromatic heterocycles. The SMILES string of the molecule is Cc1nccn1-c1cncc(C2CCCN2Cc2ccccn2)n1. The van der Waals surface area contributed by atoms with Crippen LogP contribution in [0.5, 0.6) is 0 Å². The van der Waals surface area contributed by atoms with Crippen LogP contribution >= 0.6 is 0 Å². The Balaban J connectivity index is 1.59. The molecule has 1 saturated heterocycles. The predicted molar refractivity (Wildman–Crippen MR) is 90.5 cm³/mol. The van der Waals surface area contributed by atoms with Crippen molar-refractivity contribution in [3.05, 3.63) is 66.4 Å². The summed E-state index contributed by atoms with van der Waals surface area (Å²) in [6.45, 7) is 3.88. The molecular weight excluding hydrogens is 300 g/mol. The maximum absolute atomic E-state index is 4.85. The summed E-state index contributed by atoms with van der Waals surface area (Å²) < 4.78 is 1.97. The van der Waals surface area contributed by atoms with Crippen LogP contribution in [0, 0.1) is 6.92 Å². The smallest absolute Gasteiger partial charge is 0.156 e. The summed E-state index contributed by atoms with van der Waals surface area (Å²) in [5.74, 6) is 1.74. The van der Waals surface area contributed by atoms with Crippen molar-refractivity contribution in [2.45, 2.75) is 32.4 Å². The molecule has 0 saturated carbocycles. The van der Waals surface area contributed by atoms with E-state index < -0.39 is 0 Å². The zero-order chi connectivity index (χ0) is 16.4. The Morgan fingerprint density at radius 3 is 2.92 bits per heavy atom. The summed E-state index contributed by atoms with van der Waals surface area (Å²) in [7, 11) is 0. The molecule has 24 heavy (non-hydrogen) atoms. The van der Waals surface area contributed by atoms with Gasteiger partial charge in [0, 0.05) is 25.1 Å². The van der Waals surface area contributed by atoms with Gasteiger partial charge in [0.25, 0.3) is 0 Å². The molecule has 4 heterocycles. The normalized spacial score (nSPS) is 18.1. The topological polar surface area (TPSA) is 59.7 Å². The number of aryl methyl sites for hydroxylation is 1. The highest BCUT2D eigenvalue weighted by Crippen LogP contribution is 2.31. The number of pyridine rings is 1. The average Bonchev–Trinajstić information content (AvgIpc) is 3.25. The fraction of sp³-hybridized carbons (Fsp3) is 0.333. The Kier molecular flexibility index (Phi) is 4.04. The molecule has 122 valence electrons. The summed E-state index contributed by atoms with van der Waals surface area (Å²) >= 11 is 0. The monoisotopic (exact) mass is 320 g/mol. The first-order valence-electron chi connectivity index (χ1n) is 8.27. The molecule has 0 amide bonds. The molecule has 0 N–H and O–H groups in total. The van der Waals surface area contributed by atoms with Gasteiger partial charge in [0.15, 0.2) is 5.82 Å². The van der Waals surface area contributed by atoms with E-state index in [1.807, 2.05) is 42.2 Å². The van der Waals surface area contributed by atoms with Gasteiger partial charge in [-0.2, -0.15) is 0 Å². The van der Waals surface area contributed by atoms with Gasteiger partial charge in [0.1, 0.15) is 5.82 Å². The predicted octanol–water partition coefficient (Wildman–Crippen LogP) is 2.70. The van der Waals surface area contributed by atoms with Crippen LogP contribution in [0.1, 0.15) is 36.1 Å². The van der Waals surface area contributed by atoms with Crippen LogP contribution < -0.4 is 0 Å². The average molecular weight is 320 g/mol.